The van der Waals surface area contributed by atoms with Crippen LogP contribution >= 0.6 is 0 Å². The van der Waals surface area contributed by atoms with E-state index < -0.39 is 36.2 Å². The predicted octanol–water partition coefficient (Wildman–Crippen LogP) is 5.31. The molecule has 0 aromatic heterocycles. The number of ether oxygens (including phenoxy) is 5. The molecule has 14 unspecified atom stereocenters. The summed E-state index contributed by atoms with van der Waals surface area (Å²) in [5, 5.41) is 23.6. The first-order chi connectivity index (χ1) is 22.4. The van der Waals surface area contributed by atoms with Gasteiger partial charge in [0.1, 0.15) is 0 Å². The number of carbonyl (C=O) groups is 2. The Morgan fingerprint density at radius 2 is 1.71 bits per heavy atom. The van der Waals surface area contributed by atoms with Gasteiger partial charge in [-0.2, -0.15) is 0 Å². The van der Waals surface area contributed by atoms with Gasteiger partial charge < -0.3 is 38.8 Å². The Hall–Kier alpha value is -1.46. The summed E-state index contributed by atoms with van der Waals surface area (Å²) in [7, 11) is 1.41. The summed E-state index contributed by atoms with van der Waals surface area (Å²) >= 11 is 0. The minimum Gasteiger partial charge on any atom is -0.457 e. The molecule has 10 nitrogen and oxygen atoms in total. The molecule has 0 aromatic carbocycles. The van der Waals surface area contributed by atoms with Crippen LogP contribution in [0.3, 0.4) is 0 Å². The lowest BCUT2D eigenvalue weighted by molar-refractivity contribution is -0.246. The van der Waals surface area contributed by atoms with Crippen molar-refractivity contribution < 1.29 is 43.5 Å². The Balaban J connectivity index is 1.12. The van der Waals surface area contributed by atoms with Crippen LogP contribution in [0.1, 0.15) is 107 Å². The molecule has 2 heterocycles. The summed E-state index contributed by atoms with van der Waals surface area (Å²) in [5.74, 6) is 0.925. The standard InChI is InChI=1S/C38H61NO9/c1-21-18-23(31(34(5,6)43)46-22(2)40)47-29-28(21)35(7)14-15-38-20-37(38)13-12-26(48-27-19-39(16-17-45-27)32(42)44-9)33(3,4)24(37)10-11-25(38)36(35,8)30(29)41/h21,23-31,41,43H,10-20H2,1-9H3. The maximum absolute atomic E-state index is 12.6. The summed E-state index contributed by atoms with van der Waals surface area (Å²) in [6.45, 7) is 17.9. The largest absolute Gasteiger partial charge is 0.457 e. The number of fused-ring (bicyclic) bond motifs is 4. The number of hydrogen-bond donors (Lipinski definition) is 2. The highest BCUT2D eigenvalue weighted by Crippen LogP contribution is 2.89. The number of aliphatic hydroxyl groups is 2. The van der Waals surface area contributed by atoms with E-state index >= 15 is 0 Å². The Bertz CT molecular complexity index is 1300. The van der Waals surface area contributed by atoms with Gasteiger partial charge in [-0.1, -0.05) is 34.6 Å². The number of methoxy groups -OCH3 is 1. The van der Waals surface area contributed by atoms with Gasteiger partial charge in [-0.15, -0.1) is 0 Å². The molecule has 7 rings (SSSR count). The average molecular weight is 676 g/mol. The van der Waals surface area contributed by atoms with Crippen molar-refractivity contribution in [2.24, 2.45) is 50.7 Å². The van der Waals surface area contributed by atoms with Crippen LogP contribution in [0.15, 0.2) is 0 Å². The summed E-state index contributed by atoms with van der Waals surface area (Å²) in [4.78, 5) is 26.0. The van der Waals surface area contributed by atoms with Crippen molar-refractivity contribution in [3.05, 3.63) is 0 Å². The fourth-order valence-corrected chi connectivity index (χ4v) is 13.8. The molecule has 7 fully saturated rings. The average Bonchev–Trinajstić information content (AvgIpc) is 3.65. The molecule has 10 heteroatoms. The van der Waals surface area contributed by atoms with E-state index in [0.29, 0.717) is 38.0 Å². The zero-order valence-electron chi connectivity index (χ0n) is 30.8. The summed E-state index contributed by atoms with van der Waals surface area (Å²) in [5.41, 5.74) is -1.26. The Morgan fingerprint density at radius 3 is 2.38 bits per heavy atom. The monoisotopic (exact) mass is 675 g/mol. The molecule has 14 atom stereocenters. The molecule has 48 heavy (non-hydrogen) atoms. The minimum absolute atomic E-state index is 0.0430. The van der Waals surface area contributed by atoms with E-state index in [4.69, 9.17) is 23.7 Å². The number of nitrogens with zero attached hydrogens (tertiary/aromatic N) is 1. The van der Waals surface area contributed by atoms with Crippen LogP contribution in [0.25, 0.3) is 0 Å². The lowest BCUT2D eigenvalue weighted by Crippen LogP contribution is -2.60. The van der Waals surface area contributed by atoms with Gasteiger partial charge in [-0.05, 0) is 111 Å². The smallest absolute Gasteiger partial charge is 0.409 e. The molecule has 7 aliphatic rings. The van der Waals surface area contributed by atoms with E-state index in [2.05, 4.69) is 34.6 Å². The van der Waals surface area contributed by atoms with E-state index in [9.17, 15) is 19.8 Å². The Labute approximate surface area is 286 Å². The fraction of sp³-hybridized carbons (Fsp3) is 0.947. The zero-order valence-corrected chi connectivity index (χ0v) is 30.8. The molecule has 2 N–H and O–H groups in total. The second-order valence-corrected chi connectivity index (χ2v) is 18.6. The van der Waals surface area contributed by atoms with Crippen LogP contribution in [0.4, 0.5) is 4.79 Å². The number of amides is 1. The van der Waals surface area contributed by atoms with E-state index in [1.165, 1.54) is 26.9 Å². The summed E-state index contributed by atoms with van der Waals surface area (Å²) < 4.78 is 30.2. The molecule has 5 saturated carbocycles. The van der Waals surface area contributed by atoms with Crippen molar-refractivity contribution in [2.45, 2.75) is 149 Å². The van der Waals surface area contributed by atoms with Crippen molar-refractivity contribution in [3.8, 4) is 0 Å². The van der Waals surface area contributed by atoms with Gasteiger partial charge >= 0.3 is 12.1 Å². The van der Waals surface area contributed by atoms with Crippen LogP contribution in [-0.2, 0) is 28.5 Å². The molecule has 2 saturated heterocycles. The van der Waals surface area contributed by atoms with Gasteiger partial charge in [0.25, 0.3) is 0 Å². The SMILES string of the molecule is COC(=O)N1CCOC(OC2CCC34CC35CCC3(C)C6C(C)CC(C(OC(C)=O)C(C)(C)O)OC6C(O)C3(C)C5CCC4C2(C)C)C1. The molecular weight excluding hydrogens is 614 g/mol. The molecule has 0 aromatic rings. The van der Waals surface area contributed by atoms with Crippen LogP contribution in [0, 0.1) is 50.7 Å². The quantitative estimate of drug-likeness (QED) is 0.373. The topological polar surface area (TPSA) is 124 Å². The third kappa shape index (κ3) is 4.66. The number of carbonyl (C=O) groups excluding carboxylic acids is 2. The van der Waals surface area contributed by atoms with E-state index in [-0.39, 0.29) is 57.2 Å². The predicted molar refractivity (Wildman–Crippen MR) is 177 cm³/mol. The molecule has 2 spiro atoms. The van der Waals surface area contributed by atoms with Crippen LogP contribution in [0.5, 0.6) is 0 Å². The first-order valence-electron chi connectivity index (χ1n) is 18.7. The third-order valence-electron chi connectivity index (χ3n) is 15.9. The first kappa shape index (κ1) is 35.0. The molecule has 2 aliphatic heterocycles. The lowest BCUT2D eigenvalue weighted by Gasteiger charge is -2.64. The number of morpholine rings is 1. The van der Waals surface area contributed by atoms with E-state index in [0.717, 1.165) is 32.1 Å². The number of rotatable bonds is 5. The molecule has 0 radical (unpaired) electrons. The third-order valence-corrected chi connectivity index (χ3v) is 15.9. The van der Waals surface area contributed by atoms with Gasteiger partial charge in [-0.3, -0.25) is 4.79 Å². The number of hydrogen-bond acceptors (Lipinski definition) is 9. The highest BCUT2D eigenvalue weighted by molar-refractivity contribution is 5.67. The minimum atomic E-state index is -1.27. The van der Waals surface area contributed by atoms with Crippen molar-refractivity contribution in [1.29, 1.82) is 0 Å². The van der Waals surface area contributed by atoms with Gasteiger partial charge in [0.15, 0.2) is 12.4 Å². The molecular formula is C38H61NO9. The van der Waals surface area contributed by atoms with E-state index in [1.54, 1.807) is 18.7 Å². The zero-order chi connectivity index (χ0) is 34.8. The number of aliphatic hydroxyl groups excluding tert-OH is 1. The van der Waals surface area contributed by atoms with Crippen LogP contribution < -0.4 is 0 Å². The van der Waals surface area contributed by atoms with Crippen molar-refractivity contribution in [2.75, 3.05) is 26.8 Å². The summed E-state index contributed by atoms with van der Waals surface area (Å²) in [6, 6.07) is 0. The Morgan fingerprint density at radius 1 is 1.02 bits per heavy atom. The highest BCUT2D eigenvalue weighted by Gasteiger charge is 2.84. The molecule has 272 valence electrons. The molecule has 1 amide bonds. The Kier molecular flexibility index (Phi) is 8.21. The van der Waals surface area contributed by atoms with Crippen LogP contribution in [0.2, 0.25) is 0 Å². The molecule has 5 aliphatic carbocycles. The van der Waals surface area contributed by atoms with E-state index in [1.807, 2.05) is 0 Å². The van der Waals surface area contributed by atoms with Gasteiger partial charge in [-0.25, -0.2) is 4.79 Å². The van der Waals surface area contributed by atoms with Gasteiger partial charge in [0, 0.05) is 18.9 Å². The van der Waals surface area contributed by atoms with Crippen molar-refractivity contribution in [1.82, 2.24) is 4.90 Å². The second-order valence-electron chi connectivity index (χ2n) is 18.6. The van der Waals surface area contributed by atoms with Gasteiger partial charge in [0.05, 0.1) is 50.3 Å². The normalized spacial score (nSPS) is 49.7. The molecule has 0 bridgehead atoms. The fourth-order valence-electron chi connectivity index (χ4n) is 13.8. The van der Waals surface area contributed by atoms with Gasteiger partial charge in [0.2, 0.25) is 0 Å². The lowest BCUT2D eigenvalue weighted by atomic mass is 9.41. The van der Waals surface area contributed by atoms with Crippen molar-refractivity contribution >= 4 is 12.1 Å². The van der Waals surface area contributed by atoms with Crippen molar-refractivity contribution in [3.63, 3.8) is 0 Å². The highest BCUT2D eigenvalue weighted by atomic mass is 16.7. The number of esters is 1. The van der Waals surface area contributed by atoms with Crippen LogP contribution in [-0.4, -0.2) is 96.4 Å². The summed E-state index contributed by atoms with van der Waals surface area (Å²) in [6.07, 6.45) is 5.42. The second kappa shape index (κ2) is 11.3. The maximum Gasteiger partial charge on any atom is 0.409 e. The maximum atomic E-state index is 12.6. The first-order valence-corrected chi connectivity index (χ1v) is 18.7.